The van der Waals surface area contributed by atoms with E-state index in [4.69, 9.17) is 0 Å². The molecule has 124 valence electrons. The lowest BCUT2D eigenvalue weighted by molar-refractivity contribution is 0.0929. The minimum absolute atomic E-state index is 0. The lowest BCUT2D eigenvalue weighted by Gasteiger charge is -2.23. The third kappa shape index (κ3) is 4.13. The average Bonchev–Trinajstić information content (AvgIpc) is 2.90. The van der Waals surface area contributed by atoms with E-state index < -0.39 is 0 Å². The molecule has 2 aromatic rings. The second-order valence-corrected chi connectivity index (χ2v) is 6.45. The van der Waals surface area contributed by atoms with Gasteiger partial charge in [-0.15, -0.1) is 12.4 Å². The van der Waals surface area contributed by atoms with Crippen molar-refractivity contribution < 1.29 is 4.79 Å². The van der Waals surface area contributed by atoms with Crippen molar-refractivity contribution in [1.29, 1.82) is 0 Å². The van der Waals surface area contributed by atoms with Crippen LogP contribution in [0.1, 0.15) is 28.9 Å². The maximum atomic E-state index is 12.5. The van der Waals surface area contributed by atoms with Crippen LogP contribution in [0.4, 0.5) is 0 Å². The Bertz CT molecular complexity index is 682. The number of carbonyl (C=O) groups excluding carboxylic acids is 1. The molecule has 3 rings (SSSR count). The van der Waals surface area contributed by atoms with Gasteiger partial charge in [0.05, 0.1) is 23.1 Å². The van der Waals surface area contributed by atoms with Gasteiger partial charge < -0.3 is 10.6 Å². The van der Waals surface area contributed by atoms with E-state index in [0.29, 0.717) is 5.56 Å². The van der Waals surface area contributed by atoms with Crippen LogP contribution in [-0.4, -0.2) is 34.8 Å². The number of hydrogen-bond acceptors (Lipinski definition) is 3. The Balaban J connectivity index is 0.00000192. The van der Waals surface area contributed by atoms with Gasteiger partial charge in [0, 0.05) is 10.5 Å². The average molecular weight is 400 g/mol. The fourth-order valence-electron chi connectivity index (χ4n) is 2.73. The molecule has 1 aliphatic rings. The normalized spacial score (nSPS) is 15.0. The van der Waals surface area contributed by atoms with E-state index in [2.05, 4.69) is 31.7 Å². The maximum absolute atomic E-state index is 12.5. The molecule has 1 amide bonds. The molecule has 1 aromatic heterocycles. The van der Waals surface area contributed by atoms with E-state index in [1.807, 2.05) is 31.2 Å². The zero-order valence-corrected chi connectivity index (χ0v) is 15.3. The monoisotopic (exact) mass is 398 g/mol. The fourth-order valence-corrected chi connectivity index (χ4v) is 3.12. The first kappa shape index (κ1) is 18.0. The molecule has 1 aliphatic heterocycles. The van der Waals surface area contributed by atoms with Crippen LogP contribution in [-0.2, 0) is 0 Å². The maximum Gasteiger partial charge on any atom is 0.254 e. The lowest BCUT2D eigenvalue weighted by atomic mass is 10.1. The molecule has 0 atom stereocenters. The summed E-state index contributed by atoms with van der Waals surface area (Å²) in [6.07, 6.45) is 3.60. The lowest BCUT2D eigenvalue weighted by Crippen LogP contribution is -2.42. The molecule has 23 heavy (non-hydrogen) atoms. The van der Waals surface area contributed by atoms with Crippen molar-refractivity contribution >= 4 is 34.2 Å². The van der Waals surface area contributed by atoms with Crippen LogP contribution < -0.4 is 10.6 Å². The number of piperidine rings is 1. The second kappa shape index (κ2) is 7.95. The summed E-state index contributed by atoms with van der Waals surface area (Å²) >= 11 is 3.46. The summed E-state index contributed by atoms with van der Waals surface area (Å²) in [4.78, 5) is 12.5. The minimum Gasteiger partial charge on any atom is -0.349 e. The van der Waals surface area contributed by atoms with Gasteiger partial charge in [0.25, 0.3) is 5.91 Å². The second-order valence-electron chi connectivity index (χ2n) is 5.53. The van der Waals surface area contributed by atoms with Crippen LogP contribution in [0.3, 0.4) is 0 Å². The Morgan fingerprint density at radius 2 is 2.13 bits per heavy atom. The van der Waals surface area contributed by atoms with E-state index in [0.717, 1.165) is 41.8 Å². The van der Waals surface area contributed by atoms with Crippen LogP contribution >= 0.6 is 28.3 Å². The predicted octanol–water partition coefficient (Wildman–Crippen LogP) is 2.85. The molecular weight excluding hydrogens is 380 g/mol. The molecule has 1 fully saturated rings. The fraction of sp³-hybridized carbons (Fsp3) is 0.375. The highest BCUT2D eigenvalue weighted by Crippen LogP contribution is 2.18. The molecule has 7 heteroatoms. The molecule has 0 spiro atoms. The standard InChI is InChI=1S/C16H19BrN4O.ClH/c1-11-15(16(22)20-13-5-7-18-8-6-13)10-19-21(11)14-4-2-3-12(17)9-14;/h2-4,9-10,13,18H,5-8H2,1H3,(H,20,22);1H. The number of benzene rings is 1. The van der Waals surface area contributed by atoms with Crippen LogP contribution in [0.5, 0.6) is 0 Å². The Labute approximate surface area is 150 Å². The van der Waals surface area contributed by atoms with E-state index >= 15 is 0 Å². The SMILES string of the molecule is Cc1c(C(=O)NC2CCNCC2)cnn1-c1cccc(Br)c1.Cl. The summed E-state index contributed by atoms with van der Waals surface area (Å²) in [5.74, 6) is -0.0364. The number of aromatic nitrogens is 2. The Morgan fingerprint density at radius 3 is 2.83 bits per heavy atom. The molecular formula is C16H20BrClN4O. The Morgan fingerprint density at radius 1 is 1.39 bits per heavy atom. The largest absolute Gasteiger partial charge is 0.349 e. The van der Waals surface area contributed by atoms with Crippen molar-refractivity contribution in [2.45, 2.75) is 25.8 Å². The van der Waals surface area contributed by atoms with Crippen molar-refractivity contribution in [3.8, 4) is 5.69 Å². The van der Waals surface area contributed by atoms with Crippen LogP contribution in [0.2, 0.25) is 0 Å². The molecule has 1 saturated heterocycles. The number of nitrogens with zero attached hydrogens (tertiary/aromatic N) is 2. The number of hydrogen-bond donors (Lipinski definition) is 2. The van der Waals surface area contributed by atoms with E-state index in [1.165, 1.54) is 0 Å². The molecule has 0 bridgehead atoms. The van der Waals surface area contributed by atoms with Crippen molar-refractivity contribution in [3.05, 3.63) is 46.2 Å². The Hall–Kier alpha value is -1.37. The number of nitrogens with one attached hydrogen (secondary N) is 2. The molecule has 0 saturated carbocycles. The van der Waals surface area contributed by atoms with Gasteiger partial charge in [-0.3, -0.25) is 4.79 Å². The van der Waals surface area contributed by atoms with Crippen LogP contribution in [0, 0.1) is 6.92 Å². The van der Waals surface area contributed by atoms with E-state index in [-0.39, 0.29) is 24.4 Å². The zero-order valence-electron chi connectivity index (χ0n) is 12.9. The first-order chi connectivity index (χ1) is 10.6. The van der Waals surface area contributed by atoms with Crippen molar-refractivity contribution in [1.82, 2.24) is 20.4 Å². The van der Waals surface area contributed by atoms with Crippen LogP contribution in [0.25, 0.3) is 5.69 Å². The molecule has 2 heterocycles. The van der Waals surface area contributed by atoms with E-state index in [9.17, 15) is 4.79 Å². The molecule has 5 nitrogen and oxygen atoms in total. The topological polar surface area (TPSA) is 59.0 Å². The summed E-state index contributed by atoms with van der Waals surface area (Å²) < 4.78 is 2.78. The van der Waals surface area contributed by atoms with E-state index in [1.54, 1.807) is 10.9 Å². The van der Waals surface area contributed by atoms with Crippen molar-refractivity contribution in [2.75, 3.05) is 13.1 Å². The highest BCUT2D eigenvalue weighted by Gasteiger charge is 2.20. The van der Waals surface area contributed by atoms with Gasteiger partial charge in [0.15, 0.2) is 0 Å². The summed E-state index contributed by atoms with van der Waals surface area (Å²) in [6.45, 7) is 3.84. The van der Waals surface area contributed by atoms with Crippen molar-refractivity contribution in [3.63, 3.8) is 0 Å². The summed E-state index contributed by atoms with van der Waals surface area (Å²) in [6, 6.07) is 8.12. The van der Waals surface area contributed by atoms with Gasteiger partial charge in [0.1, 0.15) is 0 Å². The third-order valence-corrected chi connectivity index (χ3v) is 4.47. The zero-order chi connectivity index (χ0) is 15.5. The van der Waals surface area contributed by atoms with Crippen LogP contribution in [0.15, 0.2) is 34.9 Å². The summed E-state index contributed by atoms with van der Waals surface area (Å²) in [7, 11) is 0. The van der Waals surface area contributed by atoms with Gasteiger partial charge in [-0.2, -0.15) is 5.10 Å². The number of carbonyl (C=O) groups is 1. The summed E-state index contributed by atoms with van der Waals surface area (Å²) in [5.41, 5.74) is 2.43. The predicted molar refractivity (Wildman–Crippen MR) is 96.6 cm³/mol. The molecule has 1 aromatic carbocycles. The highest BCUT2D eigenvalue weighted by molar-refractivity contribution is 9.10. The number of rotatable bonds is 3. The third-order valence-electron chi connectivity index (χ3n) is 3.98. The molecule has 2 N–H and O–H groups in total. The first-order valence-corrected chi connectivity index (χ1v) is 8.26. The minimum atomic E-state index is -0.0364. The number of amides is 1. The highest BCUT2D eigenvalue weighted by atomic mass is 79.9. The molecule has 0 radical (unpaired) electrons. The summed E-state index contributed by atoms with van der Waals surface area (Å²) in [5, 5.41) is 10.8. The quantitative estimate of drug-likeness (QED) is 0.834. The van der Waals surface area contributed by atoms with Gasteiger partial charge in [-0.1, -0.05) is 22.0 Å². The smallest absolute Gasteiger partial charge is 0.254 e. The van der Waals surface area contributed by atoms with Crippen molar-refractivity contribution in [2.24, 2.45) is 0 Å². The van der Waals surface area contributed by atoms with Gasteiger partial charge in [0.2, 0.25) is 0 Å². The van der Waals surface area contributed by atoms with Gasteiger partial charge in [-0.05, 0) is 51.1 Å². The van der Waals surface area contributed by atoms with Gasteiger partial charge >= 0.3 is 0 Å². The Kier molecular flexibility index (Phi) is 6.21. The van der Waals surface area contributed by atoms with Gasteiger partial charge in [-0.25, -0.2) is 4.68 Å². The number of halogens is 2. The first-order valence-electron chi connectivity index (χ1n) is 7.47. The molecule has 0 unspecified atom stereocenters. The molecule has 0 aliphatic carbocycles.